The van der Waals surface area contributed by atoms with Crippen LogP contribution < -0.4 is 10.2 Å². The summed E-state index contributed by atoms with van der Waals surface area (Å²) in [5.41, 5.74) is 2.48. The second kappa shape index (κ2) is 9.14. The summed E-state index contributed by atoms with van der Waals surface area (Å²) in [6, 6.07) is 7.86. The standard InChI is InChI=1S/C20H24F2N2O3S/c1-4-24(5-2)16-7-8-18(14(3)12-16)23-20(25)10-11-28(26,27)19-9-6-15(21)13-17(19)22/h6-9,12-13H,4-5,10-11H2,1-3H3,(H,23,25). The van der Waals surface area contributed by atoms with Gasteiger partial charge in [-0.15, -0.1) is 0 Å². The molecule has 0 fully saturated rings. The van der Waals surface area contributed by atoms with Crippen molar-refractivity contribution in [2.75, 3.05) is 29.1 Å². The van der Waals surface area contributed by atoms with Crippen molar-refractivity contribution >= 4 is 27.1 Å². The Kier molecular flexibility index (Phi) is 7.12. The Morgan fingerprint density at radius 3 is 2.32 bits per heavy atom. The molecule has 8 heteroatoms. The largest absolute Gasteiger partial charge is 0.372 e. The van der Waals surface area contributed by atoms with Crippen molar-refractivity contribution in [3.63, 3.8) is 0 Å². The van der Waals surface area contributed by atoms with Gasteiger partial charge in [-0.1, -0.05) is 0 Å². The molecule has 152 valence electrons. The van der Waals surface area contributed by atoms with Gasteiger partial charge < -0.3 is 10.2 Å². The van der Waals surface area contributed by atoms with E-state index in [1.807, 2.05) is 19.1 Å². The molecule has 2 aromatic carbocycles. The molecule has 5 nitrogen and oxygen atoms in total. The Balaban J connectivity index is 2.04. The molecular weight excluding hydrogens is 386 g/mol. The number of sulfone groups is 1. The molecular formula is C20H24F2N2O3S. The van der Waals surface area contributed by atoms with E-state index in [2.05, 4.69) is 24.1 Å². The minimum Gasteiger partial charge on any atom is -0.372 e. The molecule has 1 amide bonds. The van der Waals surface area contributed by atoms with Gasteiger partial charge in [0.1, 0.15) is 16.5 Å². The van der Waals surface area contributed by atoms with Crippen LogP contribution in [-0.2, 0) is 14.6 Å². The van der Waals surface area contributed by atoms with Gasteiger partial charge in [0.05, 0.1) is 5.75 Å². The summed E-state index contributed by atoms with van der Waals surface area (Å²) < 4.78 is 51.1. The molecule has 1 N–H and O–H groups in total. The number of hydrogen-bond acceptors (Lipinski definition) is 4. The van der Waals surface area contributed by atoms with E-state index in [1.54, 1.807) is 6.07 Å². The van der Waals surface area contributed by atoms with Gasteiger partial charge in [0.2, 0.25) is 5.91 Å². The molecule has 0 aliphatic rings. The van der Waals surface area contributed by atoms with Gasteiger partial charge in [-0.3, -0.25) is 4.79 Å². The summed E-state index contributed by atoms with van der Waals surface area (Å²) in [5, 5.41) is 2.68. The van der Waals surface area contributed by atoms with E-state index in [1.165, 1.54) is 0 Å². The summed E-state index contributed by atoms with van der Waals surface area (Å²) >= 11 is 0. The van der Waals surface area contributed by atoms with Crippen LogP contribution >= 0.6 is 0 Å². The van der Waals surface area contributed by atoms with E-state index < -0.39 is 38.0 Å². The zero-order chi connectivity index (χ0) is 20.9. The van der Waals surface area contributed by atoms with Gasteiger partial charge in [-0.25, -0.2) is 17.2 Å². The van der Waals surface area contributed by atoms with E-state index in [0.29, 0.717) is 11.8 Å². The zero-order valence-electron chi connectivity index (χ0n) is 16.1. The molecule has 0 bridgehead atoms. The van der Waals surface area contributed by atoms with Crippen LogP contribution in [-0.4, -0.2) is 33.2 Å². The van der Waals surface area contributed by atoms with Crippen LogP contribution in [0, 0.1) is 18.6 Å². The number of anilines is 2. The summed E-state index contributed by atoms with van der Waals surface area (Å²) in [4.78, 5) is 13.7. The smallest absolute Gasteiger partial charge is 0.225 e. The Morgan fingerprint density at radius 1 is 1.07 bits per heavy atom. The first kappa shape index (κ1) is 21.8. The fourth-order valence-corrected chi connectivity index (χ4v) is 4.16. The summed E-state index contributed by atoms with van der Waals surface area (Å²) in [5.74, 6) is -3.09. The summed E-state index contributed by atoms with van der Waals surface area (Å²) in [6.45, 7) is 7.68. The van der Waals surface area contributed by atoms with Gasteiger partial charge >= 0.3 is 0 Å². The second-order valence-corrected chi connectivity index (χ2v) is 8.44. The monoisotopic (exact) mass is 410 g/mol. The van der Waals surface area contributed by atoms with E-state index in [9.17, 15) is 22.0 Å². The van der Waals surface area contributed by atoms with Crippen molar-refractivity contribution in [1.29, 1.82) is 0 Å². The maximum atomic E-state index is 13.7. The number of halogens is 2. The molecule has 2 rings (SSSR count). The Bertz CT molecular complexity index is 958. The number of carbonyl (C=O) groups is 1. The Labute approximate surface area is 164 Å². The van der Waals surface area contributed by atoms with Crippen LogP contribution in [0.1, 0.15) is 25.8 Å². The van der Waals surface area contributed by atoms with Gasteiger partial charge in [-0.05, 0) is 56.7 Å². The van der Waals surface area contributed by atoms with Crippen molar-refractivity contribution in [1.82, 2.24) is 0 Å². The minimum atomic E-state index is -4.04. The fourth-order valence-electron chi connectivity index (χ4n) is 2.85. The lowest BCUT2D eigenvalue weighted by Crippen LogP contribution is -2.22. The number of benzene rings is 2. The summed E-state index contributed by atoms with van der Waals surface area (Å²) in [6.07, 6.45) is -0.337. The van der Waals surface area contributed by atoms with Crippen molar-refractivity contribution in [2.24, 2.45) is 0 Å². The molecule has 0 aliphatic carbocycles. The van der Waals surface area contributed by atoms with Crippen LogP contribution in [0.2, 0.25) is 0 Å². The molecule has 0 radical (unpaired) electrons. The van der Waals surface area contributed by atoms with Crippen LogP contribution in [0.5, 0.6) is 0 Å². The maximum Gasteiger partial charge on any atom is 0.225 e. The van der Waals surface area contributed by atoms with Crippen molar-refractivity contribution in [3.05, 3.63) is 53.6 Å². The van der Waals surface area contributed by atoms with Crippen molar-refractivity contribution in [2.45, 2.75) is 32.1 Å². The van der Waals surface area contributed by atoms with E-state index in [4.69, 9.17) is 0 Å². The Morgan fingerprint density at radius 2 is 1.75 bits per heavy atom. The third-order valence-corrected chi connectivity index (χ3v) is 6.18. The highest BCUT2D eigenvalue weighted by molar-refractivity contribution is 7.91. The molecule has 0 heterocycles. The molecule has 0 unspecified atom stereocenters. The number of hydrogen-bond donors (Lipinski definition) is 1. The van der Waals surface area contributed by atoms with Crippen molar-refractivity contribution < 1.29 is 22.0 Å². The molecule has 0 aliphatic heterocycles. The number of nitrogens with zero attached hydrogens (tertiary/aromatic N) is 1. The predicted molar refractivity (Wildman–Crippen MR) is 106 cm³/mol. The minimum absolute atomic E-state index is 0.337. The van der Waals surface area contributed by atoms with Gasteiger partial charge in [-0.2, -0.15) is 0 Å². The third kappa shape index (κ3) is 5.28. The van der Waals surface area contributed by atoms with Crippen molar-refractivity contribution in [3.8, 4) is 0 Å². The first-order chi connectivity index (χ1) is 13.2. The number of amides is 1. The topological polar surface area (TPSA) is 66.5 Å². The first-order valence-corrected chi connectivity index (χ1v) is 10.7. The van der Waals surface area contributed by atoms with E-state index in [-0.39, 0.29) is 6.42 Å². The maximum absolute atomic E-state index is 13.7. The summed E-state index contributed by atoms with van der Waals surface area (Å²) in [7, 11) is -4.04. The lowest BCUT2D eigenvalue weighted by molar-refractivity contribution is -0.115. The van der Waals surface area contributed by atoms with Crippen LogP contribution in [0.15, 0.2) is 41.3 Å². The van der Waals surface area contributed by atoms with E-state index in [0.717, 1.165) is 36.5 Å². The average Bonchev–Trinajstić information content (AvgIpc) is 2.63. The molecule has 28 heavy (non-hydrogen) atoms. The molecule has 0 saturated heterocycles. The molecule has 0 aromatic heterocycles. The lowest BCUT2D eigenvalue weighted by atomic mass is 10.1. The molecule has 2 aromatic rings. The fraction of sp³-hybridized carbons (Fsp3) is 0.350. The zero-order valence-corrected chi connectivity index (χ0v) is 16.9. The number of nitrogens with one attached hydrogen (secondary N) is 1. The van der Waals surface area contributed by atoms with Crippen LogP contribution in [0.3, 0.4) is 0 Å². The Hall–Kier alpha value is -2.48. The van der Waals surface area contributed by atoms with Gasteiger partial charge in [0.25, 0.3) is 0 Å². The molecule has 0 atom stereocenters. The van der Waals surface area contributed by atoms with Crippen LogP contribution in [0.25, 0.3) is 0 Å². The van der Waals surface area contributed by atoms with E-state index >= 15 is 0 Å². The van der Waals surface area contributed by atoms with Gasteiger partial charge in [0.15, 0.2) is 9.84 Å². The highest BCUT2D eigenvalue weighted by atomic mass is 32.2. The molecule has 0 saturated carbocycles. The van der Waals surface area contributed by atoms with Crippen LogP contribution in [0.4, 0.5) is 20.2 Å². The molecule has 0 spiro atoms. The third-order valence-electron chi connectivity index (χ3n) is 4.44. The normalized spacial score (nSPS) is 11.3. The highest BCUT2D eigenvalue weighted by Gasteiger charge is 2.21. The number of aryl methyl sites for hydroxylation is 1. The average molecular weight is 410 g/mol. The quantitative estimate of drug-likeness (QED) is 0.670. The predicted octanol–water partition coefficient (Wildman–Crippen LogP) is 3.92. The lowest BCUT2D eigenvalue weighted by Gasteiger charge is -2.22. The first-order valence-electron chi connectivity index (χ1n) is 9.01. The van der Waals surface area contributed by atoms with Gasteiger partial charge in [0, 0.05) is 37.0 Å². The number of rotatable bonds is 8. The SMILES string of the molecule is CCN(CC)c1ccc(NC(=O)CCS(=O)(=O)c2ccc(F)cc2F)c(C)c1. The number of carbonyl (C=O) groups excluding carboxylic acids is 1. The second-order valence-electron chi connectivity index (χ2n) is 6.36. The highest BCUT2D eigenvalue weighted by Crippen LogP contribution is 2.23.